The van der Waals surface area contributed by atoms with Crippen molar-refractivity contribution in [1.82, 2.24) is 20.6 Å². The van der Waals surface area contributed by atoms with Gasteiger partial charge in [-0.25, -0.2) is 0 Å². The molecule has 0 amide bonds. The quantitative estimate of drug-likeness (QED) is 0.168. The molecule has 1 unspecified atom stereocenters. The molecule has 1 saturated heterocycles. The first kappa shape index (κ1) is 30.4. The Morgan fingerprint density at radius 1 is 1.13 bits per heavy atom. The molecule has 1 aromatic rings. The Hall–Kier alpha value is -2.13. The molecule has 1 aliphatic heterocycles. The molecular weight excluding hydrogens is 484 g/mol. The molecule has 2 fully saturated rings. The SMILES string of the molecule is CCCCC(C)(C)C(=O)C=C[C@@H]1[C@@H](CCCCCCc2nn[nH]n2)[C@@H](OC(C)=O)C[C@H]1OC1CCCCO1. The second-order valence-electron chi connectivity index (χ2n) is 11.6. The predicted molar refractivity (Wildman–Crippen MR) is 144 cm³/mol. The third-order valence-electron chi connectivity index (χ3n) is 8.02. The van der Waals surface area contributed by atoms with Gasteiger partial charge in [-0.05, 0) is 44.6 Å². The van der Waals surface area contributed by atoms with Crippen LogP contribution in [0.3, 0.4) is 0 Å². The van der Waals surface area contributed by atoms with Gasteiger partial charge < -0.3 is 14.2 Å². The van der Waals surface area contributed by atoms with Crippen LogP contribution in [0, 0.1) is 17.3 Å². The number of aryl methyl sites for hydroxylation is 1. The zero-order valence-corrected chi connectivity index (χ0v) is 23.8. The van der Waals surface area contributed by atoms with Gasteiger partial charge in [0.15, 0.2) is 17.9 Å². The lowest BCUT2D eigenvalue weighted by atomic mass is 9.81. The van der Waals surface area contributed by atoms with Crippen molar-refractivity contribution in [1.29, 1.82) is 0 Å². The maximum Gasteiger partial charge on any atom is 0.302 e. The van der Waals surface area contributed by atoms with Gasteiger partial charge in [-0.1, -0.05) is 64.2 Å². The number of ketones is 1. The number of aromatic amines is 1. The van der Waals surface area contributed by atoms with Crippen molar-refractivity contribution in [2.75, 3.05) is 6.61 Å². The first-order chi connectivity index (χ1) is 18.3. The molecule has 214 valence electrons. The molecular formula is C29H48N4O5. The maximum absolute atomic E-state index is 13.2. The molecule has 3 rings (SSSR count). The number of nitrogens with zero attached hydrogens (tertiary/aromatic N) is 3. The number of tetrazole rings is 1. The number of H-pyrrole nitrogens is 1. The molecule has 2 heterocycles. The van der Waals surface area contributed by atoms with Crippen LogP contribution < -0.4 is 0 Å². The number of aromatic nitrogens is 4. The first-order valence-corrected chi connectivity index (χ1v) is 14.7. The van der Waals surface area contributed by atoms with Gasteiger partial charge >= 0.3 is 5.97 Å². The first-order valence-electron chi connectivity index (χ1n) is 14.7. The number of hydrogen-bond acceptors (Lipinski definition) is 8. The van der Waals surface area contributed by atoms with E-state index in [1.807, 2.05) is 19.9 Å². The second kappa shape index (κ2) is 15.5. The number of esters is 1. The minimum atomic E-state index is -0.391. The van der Waals surface area contributed by atoms with E-state index in [1.165, 1.54) is 6.92 Å². The lowest BCUT2D eigenvalue weighted by Gasteiger charge is -2.29. The summed E-state index contributed by atoms with van der Waals surface area (Å²) >= 11 is 0. The van der Waals surface area contributed by atoms with Gasteiger partial charge in [0, 0.05) is 43.6 Å². The third kappa shape index (κ3) is 9.56. The summed E-state index contributed by atoms with van der Waals surface area (Å²) in [5.41, 5.74) is -0.391. The fraction of sp³-hybridized carbons (Fsp3) is 0.828. The van der Waals surface area contributed by atoms with Gasteiger partial charge in [0.2, 0.25) is 0 Å². The van der Waals surface area contributed by atoms with E-state index in [-0.39, 0.29) is 42.1 Å². The fourth-order valence-electron chi connectivity index (χ4n) is 5.71. The Morgan fingerprint density at radius 2 is 1.95 bits per heavy atom. The van der Waals surface area contributed by atoms with E-state index in [4.69, 9.17) is 14.2 Å². The standard InChI is InChI=1S/C29H48N4O5/c1-5-6-18-29(3,4)26(35)17-16-23-22(13-9-7-8-10-14-27-30-32-33-31-27)24(37-21(2)34)20-25(23)38-28-15-11-12-19-36-28/h16-17,22-25,28H,5-15,18-20H2,1-4H3,(H,30,31,32,33)/t22-,23-,24+,25-,28?/m1/s1. The topological polar surface area (TPSA) is 116 Å². The normalized spacial score (nSPS) is 26.2. The van der Waals surface area contributed by atoms with Crippen LogP contribution in [0.2, 0.25) is 0 Å². The minimum Gasteiger partial charge on any atom is -0.462 e. The molecule has 0 bridgehead atoms. The molecule has 9 heteroatoms. The highest BCUT2D eigenvalue weighted by molar-refractivity contribution is 5.94. The van der Waals surface area contributed by atoms with Crippen molar-refractivity contribution in [3.8, 4) is 0 Å². The van der Waals surface area contributed by atoms with Crippen molar-refractivity contribution in [3.05, 3.63) is 18.0 Å². The lowest BCUT2D eigenvalue weighted by molar-refractivity contribution is -0.193. The van der Waals surface area contributed by atoms with E-state index in [0.717, 1.165) is 82.9 Å². The summed E-state index contributed by atoms with van der Waals surface area (Å²) in [5.74, 6) is 0.726. The molecule has 9 nitrogen and oxygen atoms in total. The van der Waals surface area contributed by atoms with Gasteiger partial charge in [0.1, 0.15) is 6.10 Å². The van der Waals surface area contributed by atoms with Crippen molar-refractivity contribution < 1.29 is 23.8 Å². The molecule has 38 heavy (non-hydrogen) atoms. The van der Waals surface area contributed by atoms with Crippen LogP contribution >= 0.6 is 0 Å². The predicted octanol–water partition coefficient (Wildman–Crippen LogP) is 5.51. The zero-order valence-electron chi connectivity index (χ0n) is 23.8. The number of ether oxygens (including phenoxy) is 3. The van der Waals surface area contributed by atoms with Gasteiger partial charge in [-0.3, -0.25) is 9.59 Å². The average Bonchev–Trinajstić information content (AvgIpc) is 3.51. The molecule has 5 atom stereocenters. The van der Waals surface area contributed by atoms with Crippen LogP contribution in [0.1, 0.15) is 111 Å². The van der Waals surface area contributed by atoms with E-state index < -0.39 is 5.41 Å². The summed E-state index contributed by atoms with van der Waals surface area (Å²) in [7, 11) is 0. The number of nitrogens with one attached hydrogen (secondary N) is 1. The van der Waals surface area contributed by atoms with E-state index in [9.17, 15) is 9.59 Å². The van der Waals surface area contributed by atoms with Gasteiger partial charge in [0.25, 0.3) is 0 Å². The summed E-state index contributed by atoms with van der Waals surface area (Å²) in [5, 5.41) is 14.1. The molecule has 1 N–H and O–H groups in total. The van der Waals surface area contributed by atoms with E-state index in [1.54, 1.807) is 6.08 Å². The van der Waals surface area contributed by atoms with Gasteiger partial charge in [-0.2, -0.15) is 5.21 Å². The summed E-state index contributed by atoms with van der Waals surface area (Å²) in [4.78, 5) is 25.2. The highest BCUT2D eigenvalue weighted by atomic mass is 16.7. The summed E-state index contributed by atoms with van der Waals surface area (Å²) in [6.07, 6.45) is 15.7. The number of carbonyl (C=O) groups is 2. The molecule has 1 saturated carbocycles. The molecule has 0 radical (unpaired) electrons. The Morgan fingerprint density at radius 3 is 2.63 bits per heavy atom. The Labute approximate surface area is 227 Å². The molecule has 0 aromatic carbocycles. The average molecular weight is 533 g/mol. The molecule has 1 aliphatic carbocycles. The zero-order chi connectivity index (χ0) is 27.4. The van der Waals surface area contributed by atoms with Crippen LogP contribution in [0.4, 0.5) is 0 Å². The fourth-order valence-corrected chi connectivity index (χ4v) is 5.71. The van der Waals surface area contributed by atoms with Crippen LogP contribution in [-0.2, 0) is 30.2 Å². The van der Waals surface area contributed by atoms with E-state index in [2.05, 4.69) is 27.5 Å². The number of rotatable bonds is 16. The number of allylic oxidation sites excluding steroid dienone is 1. The van der Waals surface area contributed by atoms with Crippen LogP contribution in [0.15, 0.2) is 12.2 Å². The van der Waals surface area contributed by atoms with Crippen molar-refractivity contribution in [3.63, 3.8) is 0 Å². The monoisotopic (exact) mass is 532 g/mol. The lowest BCUT2D eigenvalue weighted by Crippen LogP contribution is -2.31. The van der Waals surface area contributed by atoms with Crippen LogP contribution in [0.25, 0.3) is 0 Å². The van der Waals surface area contributed by atoms with Crippen LogP contribution in [-0.4, -0.2) is 57.5 Å². The third-order valence-corrected chi connectivity index (χ3v) is 8.02. The van der Waals surface area contributed by atoms with Crippen LogP contribution in [0.5, 0.6) is 0 Å². The van der Waals surface area contributed by atoms with Gasteiger partial charge in [0.05, 0.1) is 6.10 Å². The van der Waals surface area contributed by atoms with E-state index in [0.29, 0.717) is 13.0 Å². The minimum absolute atomic E-state index is 0.00451. The second-order valence-corrected chi connectivity index (χ2v) is 11.6. The largest absolute Gasteiger partial charge is 0.462 e. The Kier molecular flexibility index (Phi) is 12.4. The van der Waals surface area contributed by atoms with Crippen molar-refractivity contribution in [2.24, 2.45) is 17.3 Å². The molecule has 1 aromatic heterocycles. The molecule has 2 aliphatic rings. The van der Waals surface area contributed by atoms with Crippen molar-refractivity contribution in [2.45, 2.75) is 130 Å². The van der Waals surface area contributed by atoms with E-state index >= 15 is 0 Å². The summed E-state index contributed by atoms with van der Waals surface area (Å²) < 4.78 is 18.2. The van der Waals surface area contributed by atoms with Crippen molar-refractivity contribution >= 4 is 11.8 Å². The Balaban J connectivity index is 1.67. The smallest absolute Gasteiger partial charge is 0.302 e. The highest BCUT2D eigenvalue weighted by Crippen LogP contribution is 2.42. The summed E-state index contributed by atoms with van der Waals surface area (Å²) in [6, 6.07) is 0. The molecule has 0 spiro atoms. The maximum atomic E-state index is 13.2. The van der Waals surface area contributed by atoms with Gasteiger partial charge in [-0.15, -0.1) is 10.2 Å². The number of hydrogen-bond donors (Lipinski definition) is 1. The number of carbonyl (C=O) groups excluding carboxylic acids is 2. The number of unbranched alkanes of at least 4 members (excludes halogenated alkanes) is 4. The Bertz CT molecular complexity index is 866. The highest BCUT2D eigenvalue weighted by Gasteiger charge is 2.45. The summed E-state index contributed by atoms with van der Waals surface area (Å²) in [6.45, 7) is 8.39.